The van der Waals surface area contributed by atoms with E-state index in [1.54, 1.807) is 0 Å². The first-order valence-corrected chi connectivity index (χ1v) is 31.6. The Bertz CT molecular complexity index is 5140. The van der Waals surface area contributed by atoms with E-state index in [9.17, 15) is 0 Å². The van der Waals surface area contributed by atoms with Gasteiger partial charge in [0.25, 0.3) is 0 Å². The molecule has 2 aliphatic heterocycles. The molecule has 0 aliphatic carbocycles. The van der Waals surface area contributed by atoms with E-state index in [1.165, 1.54) is 16.6 Å². The second-order valence-electron chi connectivity index (χ2n) is 24.0. The molecule has 2 aliphatic rings. The highest BCUT2D eigenvalue weighted by atomic mass is 16.5. The number of benzene rings is 12. The Morgan fingerprint density at radius 1 is 0.385 bits per heavy atom. The van der Waals surface area contributed by atoms with E-state index in [4.69, 9.17) is 14.7 Å². The highest BCUT2D eigenvalue weighted by Gasteiger charge is 2.34. The van der Waals surface area contributed by atoms with Gasteiger partial charge in [0.1, 0.15) is 29.8 Å². The van der Waals surface area contributed by atoms with Gasteiger partial charge in [-0.1, -0.05) is 231 Å². The number of aryl methyl sites for hydroxylation is 3. The van der Waals surface area contributed by atoms with Crippen molar-refractivity contribution in [2.75, 3.05) is 16.5 Å². The summed E-state index contributed by atoms with van der Waals surface area (Å²) in [5.74, 6) is 3.42. The van der Waals surface area contributed by atoms with Crippen molar-refractivity contribution in [3.8, 4) is 95.2 Å². The molecule has 17 rings (SSSR count). The van der Waals surface area contributed by atoms with Gasteiger partial charge in [0.05, 0.1) is 39.1 Å². The molecular formula is C84H62N6O. The van der Waals surface area contributed by atoms with Gasteiger partial charge in [0.2, 0.25) is 0 Å². The SMILES string of the molecule is Cc1cc(-n2c3ccccc3c3ccc(Oc4cc(-c5c(-c6ccccc6)cccc5-c5ccccc5)cc(N5CN(c6c(-c7ccccc7)cccc6-c6ccccc6)c6cc7c(cc65)nc5n7CCCC5)c4)cc32)ncc1-c1ccccc1-c1ccccc1. The molecule has 0 unspecified atom stereocenters. The Hall–Kier alpha value is -11.5. The van der Waals surface area contributed by atoms with Gasteiger partial charge in [-0.15, -0.1) is 0 Å². The van der Waals surface area contributed by atoms with Crippen LogP contribution in [0.25, 0.3) is 117 Å². The average Bonchev–Trinajstić information content (AvgIpc) is 1.66. The number of anilines is 4. The van der Waals surface area contributed by atoms with Gasteiger partial charge in [-0.2, -0.15) is 0 Å². The fraction of sp³-hybridized carbons (Fsp3) is 0.0714. The minimum absolute atomic E-state index is 0.516. The molecular weight excluding hydrogens is 1110 g/mol. The lowest BCUT2D eigenvalue weighted by Crippen LogP contribution is -2.25. The zero-order chi connectivity index (χ0) is 60.4. The van der Waals surface area contributed by atoms with Crippen LogP contribution in [0.4, 0.5) is 22.7 Å². The van der Waals surface area contributed by atoms with Crippen LogP contribution < -0.4 is 14.5 Å². The lowest BCUT2D eigenvalue weighted by Gasteiger charge is -2.28. The smallest absolute Gasteiger partial charge is 0.137 e. The lowest BCUT2D eigenvalue weighted by atomic mass is 9.87. The third-order valence-corrected chi connectivity index (χ3v) is 18.5. The van der Waals surface area contributed by atoms with Crippen molar-refractivity contribution >= 4 is 55.6 Å². The number of hydrogen-bond donors (Lipinski definition) is 0. The molecule has 0 fully saturated rings. The summed E-state index contributed by atoms with van der Waals surface area (Å²) in [4.78, 5) is 15.8. The summed E-state index contributed by atoms with van der Waals surface area (Å²) >= 11 is 0. The van der Waals surface area contributed by atoms with Crippen molar-refractivity contribution in [2.24, 2.45) is 0 Å². The number of rotatable bonds is 12. The van der Waals surface area contributed by atoms with E-state index in [0.717, 1.165) is 160 Å². The monoisotopic (exact) mass is 1170 g/mol. The first-order chi connectivity index (χ1) is 45.0. The summed E-state index contributed by atoms with van der Waals surface area (Å²) < 4.78 is 12.2. The highest BCUT2D eigenvalue weighted by molar-refractivity contribution is 6.10. The van der Waals surface area contributed by atoms with Crippen molar-refractivity contribution in [3.63, 3.8) is 0 Å². The van der Waals surface area contributed by atoms with Crippen molar-refractivity contribution in [1.29, 1.82) is 0 Å². The van der Waals surface area contributed by atoms with Crippen molar-refractivity contribution < 1.29 is 4.74 Å². The quantitative estimate of drug-likeness (QED) is 0.122. The zero-order valence-electron chi connectivity index (χ0n) is 50.4. The van der Waals surface area contributed by atoms with E-state index in [-0.39, 0.29) is 0 Å². The van der Waals surface area contributed by atoms with Gasteiger partial charge in [-0.3, -0.25) is 4.57 Å². The molecule has 0 bridgehead atoms. The van der Waals surface area contributed by atoms with Crippen LogP contribution in [0.5, 0.6) is 11.5 Å². The molecule has 0 N–H and O–H groups in total. The van der Waals surface area contributed by atoms with Crippen molar-refractivity contribution in [2.45, 2.75) is 32.7 Å². The van der Waals surface area contributed by atoms with Crippen LogP contribution in [0.3, 0.4) is 0 Å². The molecule has 7 heteroatoms. The number of pyridine rings is 1. The van der Waals surface area contributed by atoms with E-state index in [2.05, 4.69) is 317 Å². The Morgan fingerprint density at radius 2 is 0.934 bits per heavy atom. The van der Waals surface area contributed by atoms with E-state index >= 15 is 0 Å². The Kier molecular flexibility index (Phi) is 13.3. The Labute approximate surface area is 529 Å². The number of para-hydroxylation sites is 2. The Balaban J connectivity index is 0.865. The molecule has 0 atom stereocenters. The molecule has 0 amide bonds. The van der Waals surface area contributed by atoms with Gasteiger partial charge in [-0.25, -0.2) is 9.97 Å². The fourth-order valence-corrected chi connectivity index (χ4v) is 14.3. The number of nitrogens with zero attached hydrogens (tertiary/aromatic N) is 6. The van der Waals surface area contributed by atoms with Crippen LogP contribution in [-0.4, -0.2) is 25.8 Å². The number of hydrogen-bond acceptors (Lipinski definition) is 5. The Morgan fingerprint density at radius 3 is 1.58 bits per heavy atom. The predicted molar refractivity (Wildman–Crippen MR) is 376 cm³/mol. The van der Waals surface area contributed by atoms with Gasteiger partial charge >= 0.3 is 0 Å². The molecule has 91 heavy (non-hydrogen) atoms. The van der Waals surface area contributed by atoms with Crippen LogP contribution in [0.1, 0.15) is 24.2 Å². The first-order valence-electron chi connectivity index (χ1n) is 31.6. The largest absolute Gasteiger partial charge is 0.457 e. The molecule has 5 heterocycles. The van der Waals surface area contributed by atoms with Gasteiger partial charge in [0, 0.05) is 64.4 Å². The minimum atomic E-state index is 0.516. The second kappa shape index (κ2) is 22.6. The summed E-state index contributed by atoms with van der Waals surface area (Å²) in [6.45, 7) is 3.67. The summed E-state index contributed by atoms with van der Waals surface area (Å²) in [6.07, 6.45) is 5.29. The molecule has 0 spiro atoms. The average molecular weight is 1170 g/mol. The molecule has 0 radical (unpaired) electrons. The highest BCUT2D eigenvalue weighted by Crippen LogP contribution is 2.53. The molecule has 0 saturated heterocycles. The topological polar surface area (TPSA) is 51.4 Å². The normalized spacial score (nSPS) is 12.8. The van der Waals surface area contributed by atoms with Crippen LogP contribution in [0.2, 0.25) is 0 Å². The zero-order valence-corrected chi connectivity index (χ0v) is 50.4. The van der Waals surface area contributed by atoms with Crippen LogP contribution in [-0.2, 0) is 13.0 Å². The molecule has 15 aromatic rings. The standard InChI is InChI=1S/C84H62N6O/c1-56-47-82(85-54-74(56)71-36-18-17-35-66(71)57-25-7-2-8-26-57)90-76-42-20-19-37-72(76)73-45-44-64(51-77(73)90)91-65-49-62(83-67(58-27-9-3-10-28-58)38-23-39-68(83)59-29-11-4-12-30-59)48-63(50-65)88-55-89(80-53-78-75(52-79(80)88)86-81-43-21-22-46-87(78)81)84-69(60-31-13-5-14-32-60)40-24-41-70(84)61-33-15-6-16-34-61/h2-20,23-42,44-45,47-54H,21-22,43,46,55H2,1H3. The van der Waals surface area contributed by atoms with Gasteiger partial charge < -0.3 is 19.1 Å². The summed E-state index contributed by atoms with van der Waals surface area (Å²) in [6, 6.07) is 105. The maximum absolute atomic E-state index is 7.47. The van der Waals surface area contributed by atoms with Crippen LogP contribution >= 0.6 is 0 Å². The van der Waals surface area contributed by atoms with Gasteiger partial charge in [0.15, 0.2) is 0 Å². The maximum Gasteiger partial charge on any atom is 0.137 e. The number of fused-ring (bicyclic) bond motifs is 7. The van der Waals surface area contributed by atoms with Crippen molar-refractivity contribution in [3.05, 3.63) is 309 Å². The molecule has 12 aromatic carbocycles. The first kappa shape index (κ1) is 53.7. The van der Waals surface area contributed by atoms with Crippen LogP contribution in [0.15, 0.2) is 297 Å². The third-order valence-electron chi connectivity index (χ3n) is 18.5. The third kappa shape index (κ3) is 9.52. The molecule has 434 valence electrons. The van der Waals surface area contributed by atoms with E-state index in [1.807, 2.05) is 6.20 Å². The van der Waals surface area contributed by atoms with E-state index < -0.39 is 0 Å². The van der Waals surface area contributed by atoms with Crippen molar-refractivity contribution in [1.82, 2.24) is 19.1 Å². The maximum atomic E-state index is 7.47. The summed E-state index contributed by atoms with van der Waals surface area (Å²) in [5.41, 5.74) is 25.7. The lowest BCUT2D eigenvalue weighted by molar-refractivity contribution is 0.483. The molecule has 0 saturated carbocycles. The fourth-order valence-electron chi connectivity index (χ4n) is 14.3. The van der Waals surface area contributed by atoms with Gasteiger partial charge in [-0.05, 0) is 135 Å². The van der Waals surface area contributed by atoms with Crippen LogP contribution in [0, 0.1) is 6.92 Å². The minimum Gasteiger partial charge on any atom is -0.457 e. The summed E-state index contributed by atoms with van der Waals surface area (Å²) in [5, 5.41) is 2.26. The summed E-state index contributed by atoms with van der Waals surface area (Å²) in [7, 11) is 0. The number of ether oxygens (including phenoxy) is 1. The number of imidazole rings is 1. The molecule has 3 aromatic heterocycles. The molecule has 7 nitrogen and oxygen atoms in total. The number of aromatic nitrogens is 4. The second-order valence-corrected chi connectivity index (χ2v) is 24.0. The van der Waals surface area contributed by atoms with E-state index in [0.29, 0.717) is 18.2 Å². The predicted octanol–water partition coefficient (Wildman–Crippen LogP) is 21.9.